The quantitative estimate of drug-likeness (QED) is 0.618. The number of hydrogen-bond acceptors (Lipinski definition) is 4. The second-order valence-corrected chi connectivity index (χ2v) is 4.94. The van der Waals surface area contributed by atoms with Gasteiger partial charge in [-0.15, -0.1) is 0 Å². The summed E-state index contributed by atoms with van der Waals surface area (Å²) in [6, 6.07) is 5.48. The summed E-state index contributed by atoms with van der Waals surface area (Å²) in [5, 5.41) is 0.0134. The molecule has 1 aromatic carbocycles. The summed E-state index contributed by atoms with van der Waals surface area (Å²) in [6.45, 7) is 0. The highest BCUT2D eigenvalue weighted by molar-refractivity contribution is 6.20. The molecule has 3 rings (SSSR count). The molecule has 22 heavy (non-hydrogen) atoms. The number of fused-ring (bicyclic) bond motifs is 1. The average Bonchev–Trinajstić information content (AvgIpc) is 2.70. The smallest absolute Gasteiger partial charge is 0.329 e. The molecule has 1 unspecified atom stereocenters. The molecule has 1 saturated carbocycles. The molecule has 1 fully saturated rings. The summed E-state index contributed by atoms with van der Waals surface area (Å²) in [5.41, 5.74) is -0.128. The maximum Gasteiger partial charge on any atom is 0.342 e. The van der Waals surface area contributed by atoms with Crippen LogP contribution in [-0.2, 0) is 9.63 Å². The molecule has 1 aliphatic carbocycles. The van der Waals surface area contributed by atoms with Crippen LogP contribution in [0.1, 0.15) is 27.1 Å². The lowest BCUT2D eigenvalue weighted by Crippen LogP contribution is -2.62. The maximum absolute atomic E-state index is 13.1. The Labute approximate surface area is 120 Å². The Kier molecular flexibility index (Phi) is 2.82. The fourth-order valence-electron chi connectivity index (χ4n) is 2.28. The molecule has 9 heteroatoms. The molecule has 1 heterocycles. The van der Waals surface area contributed by atoms with Gasteiger partial charge in [-0.05, 0) is 12.1 Å². The van der Waals surface area contributed by atoms with Gasteiger partial charge in [-0.2, -0.15) is 17.6 Å². The summed E-state index contributed by atoms with van der Waals surface area (Å²) < 4.78 is 51.7. The zero-order chi connectivity index (χ0) is 16.3. The first-order valence-corrected chi connectivity index (χ1v) is 6.12. The van der Waals surface area contributed by atoms with Crippen LogP contribution < -0.4 is 0 Å². The van der Waals surface area contributed by atoms with E-state index in [1.807, 2.05) is 0 Å². The first-order chi connectivity index (χ1) is 10.2. The van der Waals surface area contributed by atoms with E-state index in [0.717, 1.165) is 0 Å². The molecule has 0 saturated heterocycles. The van der Waals surface area contributed by atoms with E-state index in [4.69, 9.17) is 0 Å². The molecule has 0 N–H and O–H groups in total. The zero-order valence-corrected chi connectivity index (χ0v) is 10.7. The molecule has 1 aromatic rings. The Hall–Kier alpha value is -2.45. The third kappa shape index (κ3) is 1.74. The zero-order valence-electron chi connectivity index (χ0n) is 10.7. The summed E-state index contributed by atoms with van der Waals surface area (Å²) in [7, 11) is 0. The number of alkyl halides is 4. The van der Waals surface area contributed by atoms with Crippen molar-refractivity contribution >= 4 is 17.8 Å². The number of hydrogen-bond donors (Lipinski definition) is 0. The van der Waals surface area contributed by atoms with Gasteiger partial charge in [0.15, 0.2) is 0 Å². The molecule has 116 valence electrons. The lowest BCUT2D eigenvalue weighted by atomic mass is 9.77. The minimum atomic E-state index is -4.57. The van der Waals surface area contributed by atoms with Gasteiger partial charge in [0.2, 0.25) is 0 Å². The van der Waals surface area contributed by atoms with E-state index in [2.05, 4.69) is 4.84 Å². The van der Waals surface area contributed by atoms with E-state index in [9.17, 15) is 31.9 Å². The van der Waals surface area contributed by atoms with Crippen molar-refractivity contribution in [2.45, 2.75) is 18.3 Å². The van der Waals surface area contributed by atoms with Crippen molar-refractivity contribution in [2.24, 2.45) is 5.92 Å². The van der Waals surface area contributed by atoms with Gasteiger partial charge in [0.25, 0.3) is 11.8 Å². The largest absolute Gasteiger partial charge is 0.342 e. The van der Waals surface area contributed by atoms with E-state index in [-0.39, 0.29) is 16.2 Å². The summed E-state index contributed by atoms with van der Waals surface area (Å²) >= 11 is 0. The van der Waals surface area contributed by atoms with Crippen molar-refractivity contribution in [1.29, 1.82) is 0 Å². The number of carbonyl (C=O) groups excluding carboxylic acids is 3. The van der Waals surface area contributed by atoms with Gasteiger partial charge in [0.05, 0.1) is 11.1 Å². The molecule has 1 aliphatic heterocycles. The third-order valence-electron chi connectivity index (χ3n) is 3.61. The number of halogens is 4. The Morgan fingerprint density at radius 2 is 1.59 bits per heavy atom. The van der Waals surface area contributed by atoms with Crippen LogP contribution in [0.4, 0.5) is 17.6 Å². The van der Waals surface area contributed by atoms with Crippen LogP contribution >= 0.6 is 0 Å². The van der Waals surface area contributed by atoms with Crippen molar-refractivity contribution in [3.05, 3.63) is 35.4 Å². The van der Waals surface area contributed by atoms with Crippen LogP contribution in [0.15, 0.2) is 24.3 Å². The van der Waals surface area contributed by atoms with E-state index in [0.29, 0.717) is 0 Å². The average molecular weight is 317 g/mol. The van der Waals surface area contributed by atoms with Gasteiger partial charge in [0.1, 0.15) is 5.92 Å². The van der Waals surface area contributed by atoms with Crippen molar-refractivity contribution in [3.63, 3.8) is 0 Å². The van der Waals surface area contributed by atoms with Crippen LogP contribution in [0.2, 0.25) is 0 Å². The van der Waals surface area contributed by atoms with Gasteiger partial charge < -0.3 is 4.84 Å². The van der Waals surface area contributed by atoms with Crippen LogP contribution in [-0.4, -0.2) is 34.7 Å². The predicted octanol–water partition coefficient (Wildman–Crippen LogP) is 2.03. The molecular formula is C13H7F4NO4. The Morgan fingerprint density at radius 3 is 2.00 bits per heavy atom. The van der Waals surface area contributed by atoms with Crippen LogP contribution in [0.25, 0.3) is 0 Å². The number of hydroxylamine groups is 2. The van der Waals surface area contributed by atoms with Crippen molar-refractivity contribution in [3.8, 4) is 0 Å². The predicted molar refractivity (Wildman–Crippen MR) is 61.0 cm³/mol. The first-order valence-electron chi connectivity index (χ1n) is 6.12. The van der Waals surface area contributed by atoms with E-state index in [1.54, 1.807) is 0 Å². The van der Waals surface area contributed by atoms with E-state index in [1.165, 1.54) is 24.3 Å². The van der Waals surface area contributed by atoms with Gasteiger partial charge in [-0.3, -0.25) is 9.59 Å². The summed E-state index contributed by atoms with van der Waals surface area (Å²) in [6.07, 6.45) is -1.40. The fourth-order valence-corrected chi connectivity index (χ4v) is 2.28. The number of carbonyl (C=O) groups is 3. The van der Waals surface area contributed by atoms with E-state index < -0.39 is 42.0 Å². The van der Waals surface area contributed by atoms with Crippen molar-refractivity contribution in [2.75, 3.05) is 0 Å². The molecule has 0 spiro atoms. The van der Waals surface area contributed by atoms with Crippen LogP contribution in [0.3, 0.4) is 0 Å². The SMILES string of the molecule is O=C(ON1C(=O)c2ccccc2C1=O)C1CC(F)(F)C1(F)F. The Bertz CT molecular complexity index is 668. The highest BCUT2D eigenvalue weighted by Crippen LogP contribution is 2.55. The lowest BCUT2D eigenvalue weighted by molar-refractivity contribution is -0.313. The molecule has 0 bridgehead atoms. The lowest BCUT2D eigenvalue weighted by Gasteiger charge is -2.41. The number of rotatable bonds is 2. The molecule has 0 aromatic heterocycles. The van der Waals surface area contributed by atoms with Crippen molar-refractivity contribution < 1.29 is 36.8 Å². The third-order valence-corrected chi connectivity index (χ3v) is 3.61. The topological polar surface area (TPSA) is 63.7 Å². The molecule has 1 atom stereocenters. The standard InChI is InChI=1S/C13H7F4NO4/c14-12(15)5-8(13(12,16)17)11(21)22-18-9(19)6-3-1-2-4-7(6)10(18)20/h1-4,8H,5H2. The minimum Gasteiger partial charge on any atom is -0.329 e. The van der Waals surface area contributed by atoms with Gasteiger partial charge in [-0.1, -0.05) is 17.2 Å². The first kappa shape index (κ1) is 14.5. The number of amides is 2. The molecule has 5 nitrogen and oxygen atoms in total. The van der Waals surface area contributed by atoms with Gasteiger partial charge >= 0.3 is 17.8 Å². The number of imide groups is 1. The summed E-state index contributed by atoms with van der Waals surface area (Å²) in [4.78, 5) is 39.6. The van der Waals surface area contributed by atoms with E-state index >= 15 is 0 Å². The molecule has 0 radical (unpaired) electrons. The second-order valence-electron chi connectivity index (χ2n) is 4.94. The number of benzene rings is 1. The van der Waals surface area contributed by atoms with Gasteiger partial charge in [0, 0.05) is 6.42 Å². The Morgan fingerprint density at radius 1 is 1.09 bits per heavy atom. The highest BCUT2D eigenvalue weighted by atomic mass is 19.3. The molecular weight excluding hydrogens is 310 g/mol. The monoisotopic (exact) mass is 317 g/mol. The van der Waals surface area contributed by atoms with Gasteiger partial charge in [-0.25, -0.2) is 4.79 Å². The normalized spacial score (nSPS) is 24.7. The second kappa shape index (κ2) is 4.28. The minimum absolute atomic E-state index is 0.0134. The van der Waals surface area contributed by atoms with Crippen LogP contribution in [0, 0.1) is 5.92 Å². The van der Waals surface area contributed by atoms with Crippen LogP contribution in [0.5, 0.6) is 0 Å². The maximum atomic E-state index is 13.1. The highest BCUT2D eigenvalue weighted by Gasteiger charge is 2.75. The van der Waals surface area contributed by atoms with Crippen molar-refractivity contribution in [1.82, 2.24) is 5.06 Å². The fraction of sp³-hybridized carbons (Fsp3) is 0.308. The Balaban J connectivity index is 1.77. The molecule has 2 amide bonds. The number of nitrogens with zero attached hydrogens (tertiary/aromatic N) is 1. The molecule has 2 aliphatic rings. The summed E-state index contributed by atoms with van der Waals surface area (Å²) in [5.74, 6) is -15.0.